The molecule has 0 aliphatic heterocycles. The fraction of sp³-hybridized carbons (Fsp3) is 0.133. The van der Waals surface area contributed by atoms with E-state index in [0.29, 0.717) is 23.0 Å². The largest absolute Gasteiger partial charge is 0.466 e. The quantitative estimate of drug-likeness (QED) is 0.763. The van der Waals surface area contributed by atoms with Gasteiger partial charge in [-0.05, 0) is 38.1 Å². The van der Waals surface area contributed by atoms with E-state index in [4.69, 9.17) is 8.83 Å². The molecule has 0 fully saturated rings. The second kappa shape index (κ2) is 5.76. The summed E-state index contributed by atoms with van der Waals surface area (Å²) in [7, 11) is 0. The average Bonchev–Trinajstić information content (AvgIpc) is 3.05. The van der Waals surface area contributed by atoms with Crippen LogP contribution in [0.1, 0.15) is 21.9 Å². The third-order valence-electron chi connectivity index (χ3n) is 3.00. The van der Waals surface area contributed by atoms with Crippen LogP contribution in [-0.4, -0.2) is 16.1 Å². The zero-order chi connectivity index (χ0) is 15.7. The van der Waals surface area contributed by atoms with Gasteiger partial charge in [0.2, 0.25) is 5.89 Å². The number of benzene rings is 1. The molecule has 2 heterocycles. The first kappa shape index (κ1) is 14.5. The van der Waals surface area contributed by atoms with Crippen molar-refractivity contribution in [3.63, 3.8) is 0 Å². The number of carbonyl (C=O) groups excluding carboxylic acids is 1. The second-order valence-corrected chi connectivity index (χ2v) is 5.62. The minimum atomic E-state index is -0.348. The summed E-state index contributed by atoms with van der Waals surface area (Å²) < 4.78 is 11.7. The summed E-state index contributed by atoms with van der Waals surface area (Å²) >= 11 is 3.38. The Balaban J connectivity index is 1.80. The van der Waals surface area contributed by atoms with Gasteiger partial charge < -0.3 is 8.83 Å². The smallest absolute Gasteiger partial charge is 0.322 e. The van der Waals surface area contributed by atoms with Crippen molar-refractivity contribution in [2.45, 2.75) is 13.8 Å². The molecule has 0 atom stereocenters. The van der Waals surface area contributed by atoms with Crippen molar-refractivity contribution in [2.75, 3.05) is 5.32 Å². The van der Waals surface area contributed by atoms with Gasteiger partial charge in [-0.25, -0.2) is 0 Å². The van der Waals surface area contributed by atoms with Crippen molar-refractivity contribution in [1.82, 2.24) is 10.2 Å². The van der Waals surface area contributed by atoms with Crippen LogP contribution in [-0.2, 0) is 0 Å². The number of anilines is 1. The molecule has 0 saturated carbocycles. The van der Waals surface area contributed by atoms with Gasteiger partial charge in [0.05, 0.1) is 5.56 Å². The molecule has 0 bridgehead atoms. The molecule has 3 aromatic rings. The zero-order valence-electron chi connectivity index (χ0n) is 11.9. The van der Waals surface area contributed by atoms with E-state index in [9.17, 15) is 4.79 Å². The van der Waals surface area contributed by atoms with Gasteiger partial charge >= 0.3 is 6.01 Å². The number of hydrogen-bond acceptors (Lipinski definition) is 5. The van der Waals surface area contributed by atoms with Crippen LogP contribution in [0, 0.1) is 13.8 Å². The molecule has 0 aliphatic rings. The van der Waals surface area contributed by atoms with Crippen LogP contribution >= 0.6 is 15.9 Å². The van der Waals surface area contributed by atoms with Crippen LogP contribution in [0.3, 0.4) is 0 Å². The van der Waals surface area contributed by atoms with Gasteiger partial charge in [-0.15, -0.1) is 5.10 Å². The molecular formula is C15H12BrN3O3. The number of furan rings is 1. The fourth-order valence-corrected chi connectivity index (χ4v) is 2.43. The van der Waals surface area contributed by atoms with Crippen molar-refractivity contribution < 1.29 is 13.6 Å². The van der Waals surface area contributed by atoms with Gasteiger partial charge in [0.25, 0.3) is 5.91 Å². The molecule has 22 heavy (non-hydrogen) atoms. The number of halogens is 1. The van der Waals surface area contributed by atoms with Crippen molar-refractivity contribution in [2.24, 2.45) is 0 Å². The number of carbonyl (C=O) groups is 1. The summed E-state index contributed by atoms with van der Waals surface area (Å²) in [6.07, 6.45) is 0. The molecule has 112 valence electrons. The normalized spacial score (nSPS) is 10.7. The summed E-state index contributed by atoms with van der Waals surface area (Å²) in [5.74, 6) is 1.19. The summed E-state index contributed by atoms with van der Waals surface area (Å²) in [5, 5.41) is 10.3. The maximum Gasteiger partial charge on any atom is 0.322 e. The number of hydrogen-bond donors (Lipinski definition) is 1. The Kier molecular flexibility index (Phi) is 3.81. The standard InChI is InChI=1S/C15H12BrN3O3/c1-8-6-12(9(2)21-8)13(20)17-15-19-18-14(22-15)10-4-3-5-11(16)7-10/h3-7H,1-2H3,(H,17,19,20). The van der Waals surface area contributed by atoms with E-state index < -0.39 is 0 Å². The lowest BCUT2D eigenvalue weighted by Crippen LogP contribution is -2.12. The molecule has 0 saturated heterocycles. The molecular weight excluding hydrogens is 350 g/mol. The van der Waals surface area contributed by atoms with Crippen molar-refractivity contribution in [1.29, 1.82) is 0 Å². The molecule has 2 aromatic heterocycles. The molecule has 0 aliphatic carbocycles. The second-order valence-electron chi connectivity index (χ2n) is 4.70. The fourth-order valence-electron chi connectivity index (χ4n) is 2.03. The highest BCUT2D eigenvalue weighted by Crippen LogP contribution is 2.23. The van der Waals surface area contributed by atoms with Crippen LogP contribution in [0.2, 0.25) is 0 Å². The number of nitrogens with one attached hydrogen (secondary N) is 1. The SMILES string of the molecule is Cc1cc(C(=O)Nc2nnc(-c3cccc(Br)c3)o2)c(C)o1. The van der Waals surface area contributed by atoms with E-state index in [-0.39, 0.29) is 11.9 Å². The number of rotatable bonds is 3. The Morgan fingerprint density at radius 1 is 1.18 bits per heavy atom. The first-order valence-corrected chi connectivity index (χ1v) is 7.30. The molecule has 7 heteroatoms. The molecule has 0 radical (unpaired) electrons. The minimum Gasteiger partial charge on any atom is -0.466 e. The van der Waals surface area contributed by atoms with Crippen molar-refractivity contribution in [3.8, 4) is 11.5 Å². The van der Waals surface area contributed by atoms with Gasteiger partial charge in [-0.2, -0.15) is 0 Å². The summed E-state index contributed by atoms with van der Waals surface area (Å²) in [6.45, 7) is 3.50. The lowest BCUT2D eigenvalue weighted by Gasteiger charge is -1.98. The van der Waals surface area contributed by atoms with E-state index in [1.807, 2.05) is 24.3 Å². The summed E-state index contributed by atoms with van der Waals surface area (Å²) in [6, 6.07) is 9.15. The predicted molar refractivity (Wildman–Crippen MR) is 83.6 cm³/mol. The monoisotopic (exact) mass is 361 g/mol. The van der Waals surface area contributed by atoms with Gasteiger partial charge in [-0.1, -0.05) is 27.1 Å². The van der Waals surface area contributed by atoms with Crippen LogP contribution in [0.15, 0.2) is 43.6 Å². The molecule has 1 amide bonds. The number of nitrogens with zero attached hydrogens (tertiary/aromatic N) is 2. The number of amides is 1. The van der Waals surface area contributed by atoms with E-state index in [0.717, 1.165) is 10.0 Å². The maximum absolute atomic E-state index is 12.1. The van der Waals surface area contributed by atoms with Crippen LogP contribution in [0.5, 0.6) is 0 Å². The maximum atomic E-state index is 12.1. The molecule has 3 rings (SSSR count). The summed E-state index contributed by atoms with van der Waals surface area (Å²) in [5.41, 5.74) is 1.21. The summed E-state index contributed by atoms with van der Waals surface area (Å²) in [4.78, 5) is 12.1. The van der Waals surface area contributed by atoms with Crippen LogP contribution < -0.4 is 5.32 Å². The highest BCUT2D eigenvalue weighted by molar-refractivity contribution is 9.10. The van der Waals surface area contributed by atoms with Crippen molar-refractivity contribution >= 4 is 27.9 Å². The highest BCUT2D eigenvalue weighted by atomic mass is 79.9. The topological polar surface area (TPSA) is 81.2 Å². The minimum absolute atomic E-state index is 0.0400. The Morgan fingerprint density at radius 2 is 2.00 bits per heavy atom. The van der Waals surface area contributed by atoms with Crippen LogP contribution in [0.25, 0.3) is 11.5 Å². The molecule has 6 nitrogen and oxygen atoms in total. The first-order chi connectivity index (χ1) is 10.5. The zero-order valence-corrected chi connectivity index (χ0v) is 13.5. The first-order valence-electron chi connectivity index (χ1n) is 6.51. The van der Waals surface area contributed by atoms with Gasteiger partial charge in [-0.3, -0.25) is 10.1 Å². The lowest BCUT2D eigenvalue weighted by molar-refractivity contribution is 0.102. The van der Waals surface area contributed by atoms with E-state index in [1.54, 1.807) is 19.9 Å². The third kappa shape index (κ3) is 2.94. The lowest BCUT2D eigenvalue weighted by atomic mass is 10.2. The number of aromatic nitrogens is 2. The third-order valence-corrected chi connectivity index (χ3v) is 3.50. The average molecular weight is 362 g/mol. The Morgan fingerprint density at radius 3 is 2.68 bits per heavy atom. The molecule has 0 unspecified atom stereocenters. The van der Waals surface area contributed by atoms with Gasteiger partial charge in [0.1, 0.15) is 11.5 Å². The van der Waals surface area contributed by atoms with E-state index in [1.165, 1.54) is 0 Å². The van der Waals surface area contributed by atoms with Gasteiger partial charge in [0, 0.05) is 10.0 Å². The molecule has 0 spiro atoms. The van der Waals surface area contributed by atoms with E-state index in [2.05, 4.69) is 31.4 Å². The molecule has 1 aromatic carbocycles. The Labute approximate surface area is 134 Å². The molecule has 1 N–H and O–H groups in total. The highest BCUT2D eigenvalue weighted by Gasteiger charge is 2.17. The Hall–Kier alpha value is -2.41. The van der Waals surface area contributed by atoms with E-state index >= 15 is 0 Å². The number of aryl methyl sites for hydroxylation is 2. The predicted octanol–water partition coefficient (Wildman–Crippen LogP) is 3.96. The van der Waals surface area contributed by atoms with Crippen LogP contribution in [0.4, 0.5) is 6.01 Å². The Bertz CT molecular complexity index is 838. The van der Waals surface area contributed by atoms with Gasteiger partial charge in [0.15, 0.2) is 0 Å². The van der Waals surface area contributed by atoms with Crippen molar-refractivity contribution in [3.05, 3.63) is 51.9 Å².